The molecule has 0 saturated heterocycles. The Bertz CT molecular complexity index is 748. The molecule has 7 heteroatoms. The maximum absolute atomic E-state index is 12.8. The van der Waals surface area contributed by atoms with Crippen LogP contribution in [0, 0.1) is 5.82 Å². The Morgan fingerprint density at radius 3 is 2.75 bits per heavy atom. The van der Waals surface area contributed by atoms with Crippen molar-refractivity contribution in [2.24, 2.45) is 5.10 Å². The predicted molar refractivity (Wildman–Crippen MR) is 90.1 cm³/mol. The lowest BCUT2D eigenvalue weighted by atomic mass is 10.1. The third-order valence-electron chi connectivity index (χ3n) is 3.03. The van der Waals surface area contributed by atoms with Crippen molar-refractivity contribution < 1.29 is 19.0 Å². The molecule has 0 radical (unpaired) electrons. The minimum absolute atomic E-state index is 0.0815. The number of nitrogens with zero attached hydrogens (tertiary/aromatic N) is 1. The van der Waals surface area contributed by atoms with Crippen molar-refractivity contribution in [2.45, 2.75) is 13.3 Å². The molecule has 0 saturated carbocycles. The van der Waals surface area contributed by atoms with Crippen LogP contribution in [0.3, 0.4) is 0 Å². The highest BCUT2D eigenvalue weighted by molar-refractivity contribution is 6.32. The first-order chi connectivity index (χ1) is 11.5. The number of rotatable bonds is 6. The molecule has 0 fully saturated rings. The Morgan fingerprint density at radius 1 is 1.38 bits per heavy atom. The van der Waals surface area contributed by atoms with Crippen molar-refractivity contribution in [1.82, 2.24) is 5.43 Å². The summed E-state index contributed by atoms with van der Waals surface area (Å²) in [4.78, 5) is 11.8. The Balaban J connectivity index is 1.98. The molecular weight excluding hydrogens is 335 g/mol. The van der Waals surface area contributed by atoms with Crippen LogP contribution in [0.5, 0.6) is 11.5 Å². The van der Waals surface area contributed by atoms with Gasteiger partial charge in [-0.15, -0.1) is 0 Å². The fourth-order valence-corrected chi connectivity index (χ4v) is 2.16. The average molecular weight is 351 g/mol. The molecule has 2 aromatic carbocycles. The van der Waals surface area contributed by atoms with Crippen LogP contribution < -0.4 is 10.2 Å². The highest BCUT2D eigenvalue weighted by Gasteiger charge is 2.09. The summed E-state index contributed by atoms with van der Waals surface area (Å²) in [6.07, 6.45) is 1.47. The van der Waals surface area contributed by atoms with Gasteiger partial charge in [-0.1, -0.05) is 23.7 Å². The van der Waals surface area contributed by atoms with Gasteiger partial charge >= 0.3 is 0 Å². The molecule has 0 spiro atoms. The minimum atomic E-state index is -0.355. The zero-order valence-electron chi connectivity index (χ0n) is 12.9. The summed E-state index contributed by atoms with van der Waals surface area (Å²) < 4.78 is 18.1. The van der Waals surface area contributed by atoms with E-state index in [1.807, 2.05) is 0 Å². The number of ether oxygens (including phenoxy) is 1. The van der Waals surface area contributed by atoms with Gasteiger partial charge in [0.15, 0.2) is 11.5 Å². The Hall–Kier alpha value is -2.60. The monoisotopic (exact) mass is 350 g/mol. The van der Waals surface area contributed by atoms with Crippen LogP contribution in [-0.2, 0) is 11.2 Å². The van der Waals surface area contributed by atoms with E-state index in [4.69, 9.17) is 16.3 Å². The van der Waals surface area contributed by atoms with E-state index in [0.29, 0.717) is 17.7 Å². The van der Waals surface area contributed by atoms with E-state index >= 15 is 0 Å². The van der Waals surface area contributed by atoms with Crippen LogP contribution in [0.2, 0.25) is 5.02 Å². The Kier molecular flexibility index (Phi) is 6.14. The van der Waals surface area contributed by atoms with E-state index in [1.165, 1.54) is 36.5 Å². The summed E-state index contributed by atoms with van der Waals surface area (Å²) in [6.45, 7) is 2.16. The fourth-order valence-electron chi connectivity index (χ4n) is 1.94. The number of hydrazone groups is 1. The first-order valence-corrected chi connectivity index (χ1v) is 7.59. The van der Waals surface area contributed by atoms with E-state index in [-0.39, 0.29) is 34.7 Å². The molecule has 0 aliphatic heterocycles. The van der Waals surface area contributed by atoms with E-state index in [9.17, 15) is 14.3 Å². The first-order valence-electron chi connectivity index (χ1n) is 7.21. The van der Waals surface area contributed by atoms with Gasteiger partial charge in [0, 0.05) is 0 Å². The molecule has 2 N–H and O–H groups in total. The van der Waals surface area contributed by atoms with E-state index < -0.39 is 0 Å². The van der Waals surface area contributed by atoms with Crippen molar-refractivity contribution in [3.05, 3.63) is 58.4 Å². The zero-order chi connectivity index (χ0) is 17.5. The van der Waals surface area contributed by atoms with Gasteiger partial charge in [0.05, 0.1) is 24.3 Å². The lowest BCUT2D eigenvalue weighted by Gasteiger charge is -2.08. The molecule has 0 heterocycles. The number of halogens is 2. The molecule has 0 aliphatic carbocycles. The number of phenols is 1. The summed E-state index contributed by atoms with van der Waals surface area (Å²) in [5, 5.41) is 13.7. The SMILES string of the molecule is CCOc1cc(/C=N/NC(=O)Cc2ccc(F)cc2)cc(Cl)c1O. The third kappa shape index (κ3) is 4.96. The number of phenolic OH excluding ortho intramolecular Hbond substituents is 1. The van der Waals surface area contributed by atoms with Crippen LogP contribution in [0.4, 0.5) is 4.39 Å². The van der Waals surface area contributed by atoms with Crippen LogP contribution in [0.15, 0.2) is 41.5 Å². The number of amides is 1. The second kappa shape index (κ2) is 8.31. The average Bonchev–Trinajstić information content (AvgIpc) is 2.54. The second-order valence-corrected chi connectivity index (χ2v) is 5.29. The normalized spacial score (nSPS) is 10.8. The topological polar surface area (TPSA) is 70.9 Å². The van der Waals surface area contributed by atoms with Gasteiger partial charge in [-0.3, -0.25) is 4.79 Å². The lowest BCUT2D eigenvalue weighted by Crippen LogP contribution is -2.19. The molecule has 0 unspecified atom stereocenters. The van der Waals surface area contributed by atoms with Crippen molar-refractivity contribution in [3.8, 4) is 11.5 Å². The summed E-state index contributed by atoms with van der Waals surface area (Å²) in [7, 11) is 0. The predicted octanol–water partition coefficient (Wildman–Crippen LogP) is 3.28. The van der Waals surface area contributed by atoms with Gasteiger partial charge < -0.3 is 9.84 Å². The van der Waals surface area contributed by atoms with Crippen LogP contribution >= 0.6 is 11.6 Å². The molecule has 126 valence electrons. The van der Waals surface area contributed by atoms with Crippen molar-refractivity contribution in [1.29, 1.82) is 0 Å². The summed E-state index contributed by atoms with van der Waals surface area (Å²) in [5.74, 6) is -0.598. The van der Waals surface area contributed by atoms with E-state index in [2.05, 4.69) is 10.5 Å². The first kappa shape index (κ1) is 17.7. The number of carbonyl (C=O) groups excluding carboxylic acids is 1. The molecule has 2 aromatic rings. The fraction of sp³-hybridized carbons (Fsp3) is 0.176. The van der Waals surface area contributed by atoms with Gasteiger partial charge in [0.2, 0.25) is 5.91 Å². The van der Waals surface area contributed by atoms with Crippen molar-refractivity contribution in [3.63, 3.8) is 0 Å². The molecule has 1 amide bonds. The molecule has 24 heavy (non-hydrogen) atoms. The lowest BCUT2D eigenvalue weighted by molar-refractivity contribution is -0.120. The van der Waals surface area contributed by atoms with Crippen molar-refractivity contribution in [2.75, 3.05) is 6.61 Å². The summed E-state index contributed by atoms with van der Waals surface area (Å²) in [6, 6.07) is 8.70. The number of aromatic hydroxyl groups is 1. The Labute approximate surface area is 143 Å². The third-order valence-corrected chi connectivity index (χ3v) is 3.32. The van der Waals surface area contributed by atoms with Gasteiger partial charge in [-0.25, -0.2) is 9.82 Å². The standard InChI is InChI=1S/C17H16ClFN2O3/c1-2-24-15-8-12(7-14(18)17(15)23)10-20-21-16(22)9-11-3-5-13(19)6-4-11/h3-8,10,23H,2,9H2,1H3,(H,21,22)/b20-10+. The smallest absolute Gasteiger partial charge is 0.244 e. The maximum atomic E-state index is 12.8. The quantitative estimate of drug-likeness (QED) is 0.620. The van der Waals surface area contributed by atoms with Crippen LogP contribution in [0.25, 0.3) is 0 Å². The van der Waals surface area contributed by atoms with E-state index in [1.54, 1.807) is 13.0 Å². The van der Waals surface area contributed by atoms with Gasteiger partial charge in [-0.05, 0) is 42.3 Å². The number of hydrogen-bond donors (Lipinski definition) is 2. The molecule has 2 rings (SSSR count). The maximum Gasteiger partial charge on any atom is 0.244 e. The van der Waals surface area contributed by atoms with Gasteiger partial charge in [0.25, 0.3) is 0 Å². The van der Waals surface area contributed by atoms with Crippen LogP contribution in [-0.4, -0.2) is 23.8 Å². The van der Waals surface area contributed by atoms with Gasteiger partial charge in [0.1, 0.15) is 5.82 Å². The highest BCUT2D eigenvalue weighted by Crippen LogP contribution is 2.34. The molecule has 5 nitrogen and oxygen atoms in total. The number of carbonyl (C=O) groups is 1. The molecular formula is C17H16ClFN2O3. The van der Waals surface area contributed by atoms with Crippen LogP contribution in [0.1, 0.15) is 18.1 Å². The van der Waals surface area contributed by atoms with Crippen molar-refractivity contribution >= 4 is 23.7 Å². The van der Waals surface area contributed by atoms with Gasteiger partial charge in [-0.2, -0.15) is 5.10 Å². The number of hydrogen-bond acceptors (Lipinski definition) is 4. The minimum Gasteiger partial charge on any atom is -0.503 e. The van der Waals surface area contributed by atoms with E-state index in [0.717, 1.165) is 0 Å². The highest BCUT2D eigenvalue weighted by atomic mass is 35.5. The number of nitrogens with one attached hydrogen (secondary N) is 1. The molecule has 0 aliphatic rings. The molecule has 0 bridgehead atoms. The molecule has 0 aromatic heterocycles. The number of benzene rings is 2. The largest absolute Gasteiger partial charge is 0.503 e. The second-order valence-electron chi connectivity index (χ2n) is 4.88. The Morgan fingerprint density at radius 2 is 2.08 bits per heavy atom. The summed E-state index contributed by atoms with van der Waals surface area (Å²) in [5.41, 5.74) is 3.61. The zero-order valence-corrected chi connectivity index (χ0v) is 13.7. The summed E-state index contributed by atoms with van der Waals surface area (Å²) >= 11 is 5.91. The molecule has 0 atom stereocenters.